The molecule has 1 fully saturated rings. The van der Waals surface area contributed by atoms with Gasteiger partial charge in [0.1, 0.15) is 0 Å². The van der Waals surface area contributed by atoms with Crippen LogP contribution in [-0.4, -0.2) is 40.7 Å². The molecule has 0 radical (unpaired) electrons. The molecule has 0 aromatic heterocycles. The Morgan fingerprint density at radius 1 is 0.900 bits per heavy atom. The highest BCUT2D eigenvalue weighted by atomic mass is 35.5. The second-order valence-electron chi connectivity index (χ2n) is 7.49. The quantitative estimate of drug-likeness (QED) is 0.539. The number of ether oxygens (including phenoxy) is 6. The lowest BCUT2D eigenvalue weighted by atomic mass is 9.67. The van der Waals surface area contributed by atoms with Crippen molar-refractivity contribution in [2.75, 3.05) is 34.7 Å². The Kier molecular flexibility index (Phi) is 4.58. The molecule has 0 amide bonds. The largest absolute Gasteiger partial charge is 0.493 e. The lowest BCUT2D eigenvalue weighted by Crippen LogP contribution is -2.33. The lowest BCUT2D eigenvalue weighted by molar-refractivity contribution is -0.141. The van der Waals surface area contributed by atoms with Crippen LogP contribution in [0.15, 0.2) is 24.3 Å². The van der Waals surface area contributed by atoms with Crippen LogP contribution in [0.2, 0.25) is 0 Å². The number of hydrogen-bond acceptors (Lipinski definition) is 7. The van der Waals surface area contributed by atoms with Gasteiger partial charge in [-0.25, -0.2) is 0 Å². The molecule has 8 heteroatoms. The molecule has 0 saturated carbocycles. The Labute approximate surface area is 178 Å². The van der Waals surface area contributed by atoms with Crippen LogP contribution in [0.5, 0.6) is 28.7 Å². The van der Waals surface area contributed by atoms with E-state index in [0.29, 0.717) is 28.7 Å². The van der Waals surface area contributed by atoms with Crippen molar-refractivity contribution in [2.24, 2.45) is 11.8 Å². The minimum atomic E-state index is -0.428. The third kappa shape index (κ3) is 2.68. The first-order valence-corrected chi connectivity index (χ1v) is 10.0. The maximum atomic E-state index is 12.8. The molecular weight excluding hydrogens is 412 g/mol. The van der Waals surface area contributed by atoms with Crippen LogP contribution in [0.25, 0.3) is 0 Å². The van der Waals surface area contributed by atoms with Crippen LogP contribution >= 0.6 is 11.6 Å². The molecule has 158 valence electrons. The number of halogens is 1. The Bertz CT molecular complexity index is 996. The molecule has 2 aromatic rings. The Morgan fingerprint density at radius 2 is 1.53 bits per heavy atom. The van der Waals surface area contributed by atoms with Crippen LogP contribution in [0, 0.1) is 11.8 Å². The number of alkyl halides is 1. The van der Waals surface area contributed by atoms with E-state index in [-0.39, 0.29) is 36.6 Å². The SMILES string of the molecule is COc1cc([C@H]2c3cc4c(cc3[C@H](Cl)[C@@H]3COC(=O)[C@@H]23)OCO4)cc(OC)c1OC. The standard InChI is InChI=1S/C22H21ClO7/c1-25-16-4-10(5-17(26-2)21(16)27-3)18-11-6-14-15(30-9-29-14)7-12(11)20(23)13-8-28-22(24)19(13)18/h4-7,13,18-20H,8-9H2,1-3H3/t13-,18+,19-,20+/m1/s1. The molecule has 1 saturated heterocycles. The van der Waals surface area contributed by atoms with E-state index in [1.54, 1.807) is 21.3 Å². The fourth-order valence-electron chi connectivity index (χ4n) is 4.78. The number of esters is 1. The van der Waals surface area contributed by atoms with Gasteiger partial charge in [-0.05, 0) is 41.0 Å². The molecule has 3 aliphatic rings. The van der Waals surface area contributed by atoms with Crippen molar-refractivity contribution < 1.29 is 33.2 Å². The normalized spacial score (nSPS) is 25.9. The summed E-state index contributed by atoms with van der Waals surface area (Å²) in [5, 5.41) is -0.371. The Hall–Kier alpha value is -2.80. The van der Waals surface area contributed by atoms with Gasteiger partial charge in [-0.3, -0.25) is 4.79 Å². The lowest BCUT2D eigenvalue weighted by Gasteiger charge is -2.36. The average molecular weight is 433 g/mol. The highest BCUT2D eigenvalue weighted by molar-refractivity contribution is 6.21. The van der Waals surface area contributed by atoms with Crippen LogP contribution in [0.3, 0.4) is 0 Å². The number of methoxy groups -OCH3 is 3. The van der Waals surface area contributed by atoms with Crippen molar-refractivity contribution in [2.45, 2.75) is 11.3 Å². The first kappa shape index (κ1) is 19.2. The highest BCUT2D eigenvalue weighted by Crippen LogP contribution is 2.57. The summed E-state index contributed by atoms with van der Waals surface area (Å²) in [6.07, 6.45) is 0. The van der Waals surface area contributed by atoms with Gasteiger partial charge in [-0.1, -0.05) is 0 Å². The van der Waals surface area contributed by atoms with Gasteiger partial charge in [0, 0.05) is 11.8 Å². The highest BCUT2D eigenvalue weighted by Gasteiger charge is 2.52. The summed E-state index contributed by atoms with van der Waals surface area (Å²) in [5.41, 5.74) is 2.68. The predicted octanol–water partition coefficient (Wildman–Crippen LogP) is 3.66. The number of cyclic esters (lactones) is 1. The van der Waals surface area contributed by atoms with Crippen molar-refractivity contribution in [3.05, 3.63) is 41.0 Å². The number of rotatable bonds is 4. The molecule has 0 N–H and O–H groups in total. The van der Waals surface area contributed by atoms with Gasteiger partial charge < -0.3 is 28.4 Å². The fraction of sp³-hybridized carbons (Fsp3) is 0.409. The molecule has 7 nitrogen and oxygen atoms in total. The Balaban J connectivity index is 1.74. The number of fused-ring (bicyclic) bond motifs is 3. The summed E-state index contributed by atoms with van der Waals surface area (Å²) in [7, 11) is 4.68. The molecule has 30 heavy (non-hydrogen) atoms. The summed E-state index contributed by atoms with van der Waals surface area (Å²) in [6.45, 7) is 0.446. The molecule has 2 aliphatic heterocycles. The summed E-state index contributed by atoms with van der Waals surface area (Å²) in [4.78, 5) is 12.8. The minimum absolute atomic E-state index is 0.156. The van der Waals surface area contributed by atoms with Crippen LogP contribution in [0.4, 0.5) is 0 Å². The third-order valence-electron chi connectivity index (χ3n) is 6.14. The van der Waals surface area contributed by atoms with E-state index in [2.05, 4.69) is 0 Å². The molecule has 0 unspecified atom stereocenters. The van der Waals surface area contributed by atoms with Crippen LogP contribution in [-0.2, 0) is 9.53 Å². The number of benzene rings is 2. The Morgan fingerprint density at radius 3 is 2.13 bits per heavy atom. The summed E-state index contributed by atoms with van der Waals surface area (Å²) < 4.78 is 33.1. The van der Waals surface area contributed by atoms with E-state index in [4.69, 9.17) is 40.0 Å². The van der Waals surface area contributed by atoms with Crippen molar-refractivity contribution in [3.8, 4) is 28.7 Å². The van der Waals surface area contributed by atoms with Gasteiger partial charge >= 0.3 is 5.97 Å². The van der Waals surface area contributed by atoms with Gasteiger partial charge in [0.2, 0.25) is 12.5 Å². The number of carbonyl (C=O) groups is 1. The van der Waals surface area contributed by atoms with E-state index < -0.39 is 5.92 Å². The summed E-state index contributed by atoms with van der Waals surface area (Å²) in [6, 6.07) is 7.58. The first-order valence-electron chi connectivity index (χ1n) is 9.61. The zero-order valence-corrected chi connectivity index (χ0v) is 17.5. The van der Waals surface area contributed by atoms with Crippen molar-refractivity contribution in [1.29, 1.82) is 0 Å². The van der Waals surface area contributed by atoms with Gasteiger partial charge in [0.05, 0.1) is 39.2 Å². The van der Waals surface area contributed by atoms with Gasteiger partial charge in [-0.2, -0.15) is 0 Å². The monoisotopic (exact) mass is 432 g/mol. The van der Waals surface area contributed by atoms with Crippen molar-refractivity contribution in [3.63, 3.8) is 0 Å². The van der Waals surface area contributed by atoms with Gasteiger partial charge in [0.15, 0.2) is 23.0 Å². The molecule has 0 spiro atoms. The first-order chi connectivity index (χ1) is 14.6. The number of carbonyl (C=O) groups excluding carboxylic acids is 1. The molecular formula is C22H21ClO7. The molecule has 5 rings (SSSR count). The van der Waals surface area contributed by atoms with E-state index >= 15 is 0 Å². The van der Waals surface area contributed by atoms with E-state index in [1.807, 2.05) is 24.3 Å². The van der Waals surface area contributed by atoms with E-state index in [1.165, 1.54) is 0 Å². The van der Waals surface area contributed by atoms with Crippen LogP contribution in [0.1, 0.15) is 28.0 Å². The van der Waals surface area contributed by atoms with Crippen molar-refractivity contribution in [1.82, 2.24) is 0 Å². The van der Waals surface area contributed by atoms with Crippen LogP contribution < -0.4 is 23.7 Å². The number of hydrogen-bond donors (Lipinski definition) is 0. The second kappa shape index (κ2) is 7.16. The summed E-state index contributed by atoms with van der Waals surface area (Å²) >= 11 is 6.83. The van der Waals surface area contributed by atoms with Gasteiger partial charge in [0.25, 0.3) is 0 Å². The van der Waals surface area contributed by atoms with Gasteiger partial charge in [-0.15, -0.1) is 11.6 Å². The maximum Gasteiger partial charge on any atom is 0.310 e. The van der Waals surface area contributed by atoms with E-state index in [0.717, 1.165) is 16.7 Å². The average Bonchev–Trinajstić information content (AvgIpc) is 3.38. The zero-order chi connectivity index (χ0) is 21.0. The maximum absolute atomic E-state index is 12.8. The van der Waals surface area contributed by atoms with E-state index in [9.17, 15) is 4.79 Å². The zero-order valence-electron chi connectivity index (χ0n) is 16.8. The smallest absolute Gasteiger partial charge is 0.310 e. The molecule has 2 heterocycles. The minimum Gasteiger partial charge on any atom is -0.493 e. The summed E-state index contributed by atoms with van der Waals surface area (Å²) in [5.74, 6) is 1.68. The third-order valence-corrected chi connectivity index (χ3v) is 6.70. The predicted molar refractivity (Wildman–Crippen MR) is 107 cm³/mol. The molecule has 1 aliphatic carbocycles. The molecule has 0 bridgehead atoms. The fourth-order valence-corrected chi connectivity index (χ4v) is 5.19. The van der Waals surface area contributed by atoms with Crippen molar-refractivity contribution >= 4 is 17.6 Å². The second-order valence-corrected chi connectivity index (χ2v) is 7.96. The topological polar surface area (TPSA) is 72.5 Å². The molecule has 2 aromatic carbocycles. The molecule has 4 atom stereocenters.